The van der Waals surface area contributed by atoms with Crippen molar-refractivity contribution in [3.8, 4) is 0 Å². The lowest BCUT2D eigenvalue weighted by Gasteiger charge is -2.33. The Bertz CT molecular complexity index is 1010. The van der Waals surface area contributed by atoms with E-state index in [-0.39, 0.29) is 22.5 Å². The Kier molecular flexibility index (Phi) is 9.28. The zero-order chi connectivity index (χ0) is 23.8. The monoisotopic (exact) mass is 493 g/mol. The molecule has 182 valence electrons. The number of amides is 1. The lowest BCUT2D eigenvalue weighted by atomic mass is 9.96. The van der Waals surface area contributed by atoms with E-state index in [4.69, 9.17) is 4.52 Å². The van der Waals surface area contributed by atoms with Crippen molar-refractivity contribution >= 4 is 39.4 Å². The third-order valence-corrected chi connectivity index (χ3v) is 8.95. The van der Waals surface area contributed by atoms with Crippen LogP contribution in [-0.2, 0) is 14.8 Å². The van der Waals surface area contributed by atoms with Crippen molar-refractivity contribution in [1.82, 2.24) is 14.4 Å². The molecule has 2 aromatic rings. The molecular weight excluding hydrogens is 458 g/mol. The molecule has 0 saturated carbocycles. The first-order valence-corrected chi connectivity index (χ1v) is 14.2. The minimum atomic E-state index is -3.76. The van der Waals surface area contributed by atoms with Crippen LogP contribution < -0.4 is 0 Å². The molecule has 7 nitrogen and oxygen atoms in total. The van der Waals surface area contributed by atoms with Gasteiger partial charge in [0.15, 0.2) is 10.7 Å². The zero-order valence-electron chi connectivity index (χ0n) is 19.8. The van der Waals surface area contributed by atoms with Crippen molar-refractivity contribution < 1.29 is 17.7 Å². The van der Waals surface area contributed by atoms with E-state index in [9.17, 15) is 13.2 Å². The van der Waals surface area contributed by atoms with Gasteiger partial charge < -0.3 is 9.42 Å². The van der Waals surface area contributed by atoms with E-state index in [0.717, 1.165) is 43.6 Å². The average molecular weight is 494 g/mol. The lowest BCUT2D eigenvalue weighted by molar-refractivity contribution is -0.136. The van der Waals surface area contributed by atoms with Gasteiger partial charge >= 0.3 is 0 Å². The number of rotatable bonds is 11. The van der Waals surface area contributed by atoms with Gasteiger partial charge in [-0.25, -0.2) is 8.42 Å². The molecule has 1 amide bonds. The second kappa shape index (κ2) is 11.9. The van der Waals surface area contributed by atoms with Crippen LogP contribution in [0.25, 0.3) is 12.2 Å². The molecular formula is C24H35N3O4S2. The van der Waals surface area contributed by atoms with Crippen LogP contribution in [0.3, 0.4) is 0 Å². The summed E-state index contributed by atoms with van der Waals surface area (Å²) in [5, 5.41) is 5.87. The number of unbranched alkanes of at least 4 members (excludes halogenated alkanes) is 2. The Morgan fingerprint density at radius 3 is 2.45 bits per heavy atom. The summed E-state index contributed by atoms with van der Waals surface area (Å²) in [6, 6.07) is 3.88. The molecule has 1 saturated heterocycles. The summed E-state index contributed by atoms with van der Waals surface area (Å²) in [6.45, 7) is 8.13. The van der Waals surface area contributed by atoms with Crippen LogP contribution in [0.15, 0.2) is 26.9 Å². The maximum absolute atomic E-state index is 13.4. The van der Waals surface area contributed by atoms with Crippen molar-refractivity contribution in [2.24, 2.45) is 5.92 Å². The Hall–Kier alpha value is -1.97. The molecule has 1 fully saturated rings. The van der Waals surface area contributed by atoms with Gasteiger partial charge in [0.1, 0.15) is 5.69 Å². The highest BCUT2D eigenvalue weighted by Gasteiger charge is 2.36. The molecule has 2 aromatic heterocycles. The number of aryl methyl sites for hydroxylation is 1. The van der Waals surface area contributed by atoms with Gasteiger partial charge in [-0.3, -0.25) is 4.79 Å². The van der Waals surface area contributed by atoms with Crippen LogP contribution in [0.2, 0.25) is 0 Å². The van der Waals surface area contributed by atoms with E-state index >= 15 is 0 Å². The molecule has 0 radical (unpaired) electrons. The third kappa shape index (κ3) is 6.33. The fourth-order valence-electron chi connectivity index (χ4n) is 4.10. The Labute approximate surface area is 201 Å². The molecule has 0 aromatic carbocycles. The predicted molar refractivity (Wildman–Crippen MR) is 132 cm³/mol. The Morgan fingerprint density at radius 1 is 1.21 bits per heavy atom. The molecule has 1 aliphatic rings. The van der Waals surface area contributed by atoms with E-state index in [1.165, 1.54) is 4.31 Å². The fraction of sp³-hybridized carbons (Fsp3) is 0.583. The van der Waals surface area contributed by atoms with E-state index in [0.29, 0.717) is 31.6 Å². The summed E-state index contributed by atoms with van der Waals surface area (Å²) in [6.07, 6.45) is 8.66. The van der Waals surface area contributed by atoms with Crippen molar-refractivity contribution in [1.29, 1.82) is 0 Å². The van der Waals surface area contributed by atoms with Gasteiger partial charge in [0.05, 0.1) is 0 Å². The smallest absolute Gasteiger partial charge is 0.248 e. The van der Waals surface area contributed by atoms with Gasteiger partial charge in [0, 0.05) is 37.0 Å². The summed E-state index contributed by atoms with van der Waals surface area (Å²) < 4.78 is 33.7. The second-order valence-electron chi connectivity index (χ2n) is 8.52. The number of thiophene rings is 1. The molecule has 0 bridgehead atoms. The normalized spacial score (nSPS) is 16.0. The minimum Gasteiger partial charge on any atom is -0.355 e. The van der Waals surface area contributed by atoms with Crippen LogP contribution in [0.1, 0.15) is 68.7 Å². The summed E-state index contributed by atoms with van der Waals surface area (Å²) in [4.78, 5) is 16.2. The van der Waals surface area contributed by atoms with Crippen LogP contribution >= 0.6 is 11.3 Å². The van der Waals surface area contributed by atoms with Crippen molar-refractivity contribution in [2.75, 3.05) is 26.2 Å². The van der Waals surface area contributed by atoms with E-state index in [1.54, 1.807) is 24.3 Å². The largest absolute Gasteiger partial charge is 0.355 e. The standard InChI is InChI=1S/C24H35N3O4S2/c1-4-6-14-26(15-7-5-2)24(28)20-12-16-27(17-13-20)33(29,30)23-19(3)25-31-22(23)11-10-21-9-8-18-32-21/h8-11,18,20H,4-7,12-17H2,1-3H3/b11-10+. The molecule has 0 aliphatic carbocycles. The van der Waals surface area contributed by atoms with E-state index in [1.807, 2.05) is 28.5 Å². The van der Waals surface area contributed by atoms with Crippen LogP contribution in [0.4, 0.5) is 0 Å². The molecule has 3 heterocycles. The number of carbonyl (C=O) groups excluding carboxylic acids is 1. The van der Waals surface area contributed by atoms with Crippen molar-refractivity contribution in [3.63, 3.8) is 0 Å². The van der Waals surface area contributed by atoms with E-state index < -0.39 is 10.0 Å². The SMILES string of the molecule is CCCCN(CCCC)C(=O)C1CCN(S(=O)(=O)c2c(C)noc2/C=C/c2cccs2)CC1. The van der Waals surface area contributed by atoms with Crippen molar-refractivity contribution in [2.45, 2.75) is 64.2 Å². The first kappa shape index (κ1) is 25.6. The number of aromatic nitrogens is 1. The number of piperidine rings is 1. The lowest BCUT2D eigenvalue weighted by Crippen LogP contribution is -2.45. The summed E-state index contributed by atoms with van der Waals surface area (Å²) >= 11 is 1.56. The topological polar surface area (TPSA) is 83.7 Å². The molecule has 33 heavy (non-hydrogen) atoms. The number of nitrogens with zero attached hydrogens (tertiary/aromatic N) is 3. The first-order valence-electron chi connectivity index (χ1n) is 11.8. The molecule has 3 rings (SSSR count). The van der Waals surface area contributed by atoms with Gasteiger partial charge in [-0.05, 0) is 56.2 Å². The van der Waals surface area contributed by atoms with Gasteiger partial charge in [-0.1, -0.05) is 37.9 Å². The number of carbonyl (C=O) groups is 1. The Morgan fingerprint density at radius 2 is 1.88 bits per heavy atom. The van der Waals surface area contributed by atoms with Gasteiger partial charge in [-0.2, -0.15) is 4.31 Å². The van der Waals surface area contributed by atoms with Crippen LogP contribution in [-0.4, -0.2) is 54.9 Å². The first-order chi connectivity index (χ1) is 15.9. The molecule has 9 heteroatoms. The fourth-order valence-corrected chi connectivity index (χ4v) is 6.44. The highest BCUT2D eigenvalue weighted by molar-refractivity contribution is 7.89. The quantitative estimate of drug-likeness (QED) is 0.438. The molecule has 0 spiro atoms. The maximum Gasteiger partial charge on any atom is 0.248 e. The van der Waals surface area contributed by atoms with Crippen LogP contribution in [0, 0.1) is 12.8 Å². The van der Waals surface area contributed by atoms with Crippen LogP contribution in [0.5, 0.6) is 0 Å². The molecule has 0 unspecified atom stereocenters. The number of hydrogen-bond acceptors (Lipinski definition) is 6. The third-order valence-electron chi connectivity index (χ3n) is 6.05. The van der Waals surface area contributed by atoms with Gasteiger partial charge in [-0.15, -0.1) is 11.3 Å². The summed E-state index contributed by atoms with van der Waals surface area (Å²) in [5.41, 5.74) is 0.351. The zero-order valence-corrected chi connectivity index (χ0v) is 21.5. The maximum atomic E-state index is 13.4. The highest BCUT2D eigenvalue weighted by Crippen LogP contribution is 2.30. The van der Waals surface area contributed by atoms with E-state index in [2.05, 4.69) is 19.0 Å². The van der Waals surface area contributed by atoms with Gasteiger partial charge in [0.2, 0.25) is 15.9 Å². The summed E-state index contributed by atoms with van der Waals surface area (Å²) in [7, 11) is -3.76. The molecule has 0 N–H and O–H groups in total. The summed E-state index contributed by atoms with van der Waals surface area (Å²) in [5.74, 6) is 0.297. The minimum absolute atomic E-state index is 0.118. The number of sulfonamides is 1. The van der Waals surface area contributed by atoms with Gasteiger partial charge in [0.25, 0.3) is 0 Å². The predicted octanol–water partition coefficient (Wildman–Crippen LogP) is 5.04. The Balaban J connectivity index is 1.69. The molecule has 0 atom stereocenters. The molecule has 1 aliphatic heterocycles. The highest BCUT2D eigenvalue weighted by atomic mass is 32.2. The van der Waals surface area contributed by atoms with Crippen molar-refractivity contribution in [3.05, 3.63) is 33.8 Å². The number of hydrogen-bond donors (Lipinski definition) is 0. The second-order valence-corrected chi connectivity index (χ2v) is 11.4. The average Bonchev–Trinajstić information content (AvgIpc) is 3.47.